The summed E-state index contributed by atoms with van der Waals surface area (Å²) in [6.45, 7) is 13.2. The summed E-state index contributed by atoms with van der Waals surface area (Å²) < 4.78 is 0. The molecule has 0 aromatic heterocycles. The Morgan fingerprint density at radius 3 is 1.96 bits per heavy atom. The van der Waals surface area contributed by atoms with E-state index in [4.69, 9.17) is 0 Å². The summed E-state index contributed by atoms with van der Waals surface area (Å²) in [5.41, 5.74) is 7.44. The fourth-order valence-corrected chi connectivity index (χ4v) is 3.68. The maximum absolute atomic E-state index is 3.56. The van der Waals surface area contributed by atoms with Gasteiger partial charge in [-0.2, -0.15) is 16.7 Å². The van der Waals surface area contributed by atoms with Crippen LogP contribution in [0, 0.1) is 23.5 Å². The van der Waals surface area contributed by atoms with Crippen LogP contribution in [0.25, 0.3) is 0 Å². The van der Waals surface area contributed by atoms with Gasteiger partial charge in [-0.15, -0.1) is 6.92 Å². The molecule has 3 heteroatoms. The molecule has 0 unspecified atom stereocenters. The van der Waals surface area contributed by atoms with Crippen molar-refractivity contribution in [3.05, 3.63) is 46.1 Å². The van der Waals surface area contributed by atoms with E-state index in [-0.39, 0.29) is 56.4 Å². The quantitative estimate of drug-likeness (QED) is 0.537. The molecule has 0 aliphatic heterocycles. The third-order valence-electron chi connectivity index (χ3n) is 5.67. The Kier molecular flexibility index (Phi) is 13.3. The van der Waals surface area contributed by atoms with E-state index in [0.29, 0.717) is 0 Å². The molecule has 1 saturated carbocycles. The second kappa shape index (κ2) is 12.0. The molecule has 0 spiro atoms. The van der Waals surface area contributed by atoms with Crippen molar-refractivity contribution in [2.24, 2.45) is 11.3 Å². The minimum absolute atomic E-state index is 0. The van der Waals surface area contributed by atoms with Crippen LogP contribution >= 0.6 is 0 Å². The standard InChI is InChI=1S/C12H17.C10H15.2ClH.Zr/c1-2-10-7-8-12(9-10)11-5-3-4-6-11;1-7-6-10(4,5)9(3)8(7)2;;;/h8,11H,2-7H2,1H3;1-5H3;2*1H;/q2*-1;;;+4/p-2. The first-order valence-electron chi connectivity index (χ1n) is 8.97. The third kappa shape index (κ3) is 7.16. The van der Waals surface area contributed by atoms with Crippen LogP contribution in [0.1, 0.15) is 80.1 Å². The zero-order valence-electron chi connectivity index (χ0n) is 16.7. The van der Waals surface area contributed by atoms with E-state index in [1.54, 1.807) is 0 Å². The smallest absolute Gasteiger partial charge is 1.00 e. The molecule has 138 valence electrons. The van der Waals surface area contributed by atoms with Crippen LogP contribution in [0.2, 0.25) is 0 Å². The zero-order chi connectivity index (χ0) is 16.3. The van der Waals surface area contributed by atoms with E-state index in [9.17, 15) is 0 Å². The van der Waals surface area contributed by atoms with Gasteiger partial charge in [0, 0.05) is 0 Å². The van der Waals surface area contributed by atoms with E-state index in [1.165, 1.54) is 66.4 Å². The maximum atomic E-state index is 3.56. The number of hydrogen-bond acceptors (Lipinski definition) is 0. The molecule has 0 radical (unpaired) electrons. The second-order valence-electron chi connectivity index (χ2n) is 7.55. The Morgan fingerprint density at radius 1 is 1.08 bits per heavy atom. The maximum Gasteiger partial charge on any atom is 4.00 e. The largest absolute Gasteiger partial charge is 4.00 e. The van der Waals surface area contributed by atoms with Gasteiger partial charge in [-0.25, -0.2) is 23.3 Å². The molecule has 0 atom stereocenters. The number of halogens is 2. The van der Waals surface area contributed by atoms with E-state index in [1.807, 2.05) is 0 Å². The van der Waals surface area contributed by atoms with Gasteiger partial charge in [0.15, 0.2) is 0 Å². The van der Waals surface area contributed by atoms with Gasteiger partial charge in [0.05, 0.1) is 0 Å². The number of hydrogen-bond donors (Lipinski definition) is 0. The molecular formula is C22H32Cl2Zr. The van der Waals surface area contributed by atoms with Crippen LogP contribution in [0.4, 0.5) is 0 Å². The van der Waals surface area contributed by atoms with Gasteiger partial charge in [-0.1, -0.05) is 65.7 Å². The Bertz CT molecular complexity index is 544. The first kappa shape index (κ1) is 27.6. The van der Waals surface area contributed by atoms with Crippen molar-refractivity contribution in [3.8, 4) is 0 Å². The topological polar surface area (TPSA) is 0 Å². The Labute approximate surface area is 187 Å². The van der Waals surface area contributed by atoms with E-state index < -0.39 is 0 Å². The predicted molar refractivity (Wildman–Crippen MR) is 96.3 cm³/mol. The number of rotatable bonds is 2. The minimum atomic E-state index is 0. The molecule has 0 heterocycles. The summed E-state index contributed by atoms with van der Waals surface area (Å²) in [5, 5.41) is 0. The summed E-state index contributed by atoms with van der Waals surface area (Å²) in [7, 11) is 0. The molecule has 25 heavy (non-hydrogen) atoms. The average molecular weight is 459 g/mol. The summed E-state index contributed by atoms with van der Waals surface area (Å²) in [4.78, 5) is 0. The molecule has 1 fully saturated rings. The number of allylic oxidation sites excluding steroid dienone is 8. The van der Waals surface area contributed by atoms with Crippen LogP contribution in [-0.4, -0.2) is 0 Å². The molecule has 3 aliphatic carbocycles. The molecule has 0 nitrogen and oxygen atoms in total. The molecule has 0 bridgehead atoms. The summed E-state index contributed by atoms with van der Waals surface area (Å²) in [6, 6.07) is 0. The van der Waals surface area contributed by atoms with Gasteiger partial charge >= 0.3 is 26.2 Å². The van der Waals surface area contributed by atoms with Crippen LogP contribution in [0.15, 0.2) is 33.9 Å². The fraction of sp³-hybridized carbons (Fsp3) is 0.636. The molecule has 0 amide bonds. The van der Waals surface area contributed by atoms with Crippen molar-refractivity contribution in [3.63, 3.8) is 0 Å². The zero-order valence-corrected chi connectivity index (χ0v) is 20.6. The summed E-state index contributed by atoms with van der Waals surface area (Å²) >= 11 is 0. The van der Waals surface area contributed by atoms with Crippen LogP contribution in [0.3, 0.4) is 0 Å². The molecule has 0 saturated heterocycles. The van der Waals surface area contributed by atoms with Gasteiger partial charge < -0.3 is 24.8 Å². The van der Waals surface area contributed by atoms with E-state index in [0.717, 1.165) is 5.92 Å². The normalized spacial score (nSPS) is 21.1. The summed E-state index contributed by atoms with van der Waals surface area (Å²) in [6.07, 6.45) is 17.5. The average Bonchev–Trinajstić information content (AvgIpc) is 3.18. The van der Waals surface area contributed by atoms with E-state index >= 15 is 0 Å². The SMILES string of the molecule is CC1=[C-]C(C)(C)C(C)=C1C.CCC1=[C-]C(C2CCCC2)=CC1.[Cl-].[Cl-].[Zr+4]. The third-order valence-corrected chi connectivity index (χ3v) is 5.67. The molecule has 3 rings (SSSR count). The molecule has 0 aromatic rings. The van der Waals surface area contributed by atoms with Crippen molar-refractivity contribution < 1.29 is 51.0 Å². The second-order valence-corrected chi connectivity index (χ2v) is 7.55. The van der Waals surface area contributed by atoms with Crippen molar-refractivity contribution in [1.82, 2.24) is 0 Å². The van der Waals surface area contributed by atoms with Crippen molar-refractivity contribution in [2.45, 2.75) is 80.1 Å². The Balaban J connectivity index is 0. The summed E-state index contributed by atoms with van der Waals surface area (Å²) in [5.74, 6) is 0.869. The Hall–Kier alpha value is 0.423. The van der Waals surface area contributed by atoms with Gasteiger partial charge in [-0.3, -0.25) is 6.08 Å². The first-order valence-corrected chi connectivity index (χ1v) is 8.97. The molecule has 3 aliphatic rings. The monoisotopic (exact) mass is 456 g/mol. The van der Waals surface area contributed by atoms with Crippen LogP contribution in [0.5, 0.6) is 0 Å². The van der Waals surface area contributed by atoms with Crippen molar-refractivity contribution >= 4 is 0 Å². The molecule has 0 aromatic carbocycles. The molecule has 0 N–H and O–H groups in total. The first-order chi connectivity index (χ1) is 10.3. The fourth-order valence-electron chi connectivity index (χ4n) is 3.68. The van der Waals surface area contributed by atoms with Gasteiger partial charge in [0.1, 0.15) is 0 Å². The van der Waals surface area contributed by atoms with Crippen LogP contribution in [-0.2, 0) is 26.2 Å². The van der Waals surface area contributed by atoms with E-state index in [2.05, 4.69) is 59.8 Å². The van der Waals surface area contributed by atoms with Gasteiger partial charge in [-0.05, 0) is 18.8 Å². The van der Waals surface area contributed by atoms with Gasteiger partial charge in [0.25, 0.3) is 0 Å². The van der Waals surface area contributed by atoms with Crippen molar-refractivity contribution in [2.75, 3.05) is 0 Å². The molecular weight excluding hydrogens is 426 g/mol. The Morgan fingerprint density at radius 2 is 1.64 bits per heavy atom. The van der Waals surface area contributed by atoms with Crippen molar-refractivity contribution in [1.29, 1.82) is 0 Å². The predicted octanol–water partition coefficient (Wildman–Crippen LogP) is 0.764. The van der Waals surface area contributed by atoms with Crippen LogP contribution < -0.4 is 24.8 Å². The minimum Gasteiger partial charge on any atom is -1.00 e. The van der Waals surface area contributed by atoms with Gasteiger partial charge in [0.2, 0.25) is 0 Å².